The van der Waals surface area contributed by atoms with Gasteiger partial charge in [-0.05, 0) is 29.3 Å². The van der Waals surface area contributed by atoms with Gasteiger partial charge >= 0.3 is 0 Å². The van der Waals surface area contributed by atoms with Crippen molar-refractivity contribution in [2.75, 3.05) is 19.0 Å². The van der Waals surface area contributed by atoms with Crippen molar-refractivity contribution >= 4 is 5.69 Å². The number of rotatable bonds is 2. The van der Waals surface area contributed by atoms with Crippen LogP contribution in [0.15, 0.2) is 48.8 Å². The van der Waals surface area contributed by atoms with Gasteiger partial charge in [-0.2, -0.15) is 0 Å². The van der Waals surface area contributed by atoms with E-state index >= 15 is 0 Å². The maximum Gasteiger partial charge on any atom is 0.0361 e. The number of nitrogens with zero attached hydrogens (tertiary/aromatic N) is 2. The van der Waals surface area contributed by atoms with Crippen LogP contribution in [0, 0.1) is 0 Å². The van der Waals surface area contributed by atoms with Gasteiger partial charge in [0.1, 0.15) is 0 Å². The Kier molecular flexibility index (Phi) is 2.68. The molecular weight excluding hydrogens is 184 g/mol. The molecule has 1 aromatic carbocycles. The fourth-order valence-corrected chi connectivity index (χ4v) is 1.49. The molecule has 15 heavy (non-hydrogen) atoms. The normalized spacial score (nSPS) is 10.0. The average Bonchev–Trinajstić information content (AvgIpc) is 2.30. The largest absolute Gasteiger partial charge is 0.378 e. The van der Waals surface area contributed by atoms with Gasteiger partial charge in [-0.15, -0.1) is 0 Å². The molecule has 0 radical (unpaired) electrons. The quantitative estimate of drug-likeness (QED) is 0.737. The zero-order valence-electron chi connectivity index (χ0n) is 9.01. The number of hydrogen-bond acceptors (Lipinski definition) is 2. The van der Waals surface area contributed by atoms with Crippen molar-refractivity contribution in [1.82, 2.24) is 4.98 Å². The minimum atomic E-state index is 1.16. The maximum absolute atomic E-state index is 4.11. The van der Waals surface area contributed by atoms with Gasteiger partial charge in [0.15, 0.2) is 0 Å². The predicted molar refractivity (Wildman–Crippen MR) is 64.0 cm³/mol. The van der Waals surface area contributed by atoms with E-state index in [4.69, 9.17) is 0 Å². The van der Waals surface area contributed by atoms with E-state index in [1.54, 1.807) is 6.20 Å². The van der Waals surface area contributed by atoms with Crippen molar-refractivity contribution in [3.05, 3.63) is 48.8 Å². The minimum Gasteiger partial charge on any atom is -0.378 e. The molecule has 1 aromatic heterocycles. The second-order valence-electron chi connectivity index (χ2n) is 3.68. The minimum absolute atomic E-state index is 1.16. The summed E-state index contributed by atoms with van der Waals surface area (Å²) in [7, 11) is 4.08. The number of pyridine rings is 1. The topological polar surface area (TPSA) is 16.1 Å². The highest BCUT2D eigenvalue weighted by molar-refractivity contribution is 5.65. The Labute approximate surface area is 90.2 Å². The van der Waals surface area contributed by atoms with Crippen molar-refractivity contribution in [3.63, 3.8) is 0 Å². The number of anilines is 1. The molecule has 0 bridgehead atoms. The molecule has 0 fully saturated rings. The Morgan fingerprint density at radius 2 is 1.67 bits per heavy atom. The number of hydrogen-bond donors (Lipinski definition) is 0. The summed E-state index contributed by atoms with van der Waals surface area (Å²) in [5.74, 6) is 0. The molecule has 0 N–H and O–H groups in total. The molecule has 2 heteroatoms. The lowest BCUT2D eigenvalue weighted by atomic mass is 10.1. The Morgan fingerprint density at radius 1 is 0.933 bits per heavy atom. The van der Waals surface area contributed by atoms with E-state index in [-0.39, 0.29) is 0 Å². The van der Waals surface area contributed by atoms with Gasteiger partial charge in [0.25, 0.3) is 0 Å². The van der Waals surface area contributed by atoms with Gasteiger partial charge in [0.05, 0.1) is 0 Å². The lowest BCUT2D eigenvalue weighted by molar-refractivity contribution is 1.13. The summed E-state index contributed by atoms with van der Waals surface area (Å²) in [5, 5.41) is 0. The van der Waals surface area contributed by atoms with Gasteiger partial charge in [0.2, 0.25) is 0 Å². The highest BCUT2D eigenvalue weighted by Crippen LogP contribution is 2.21. The van der Waals surface area contributed by atoms with Crippen molar-refractivity contribution in [3.8, 4) is 11.1 Å². The molecule has 0 saturated heterocycles. The van der Waals surface area contributed by atoms with Crippen molar-refractivity contribution < 1.29 is 0 Å². The van der Waals surface area contributed by atoms with E-state index in [2.05, 4.69) is 40.2 Å². The Morgan fingerprint density at radius 3 is 2.20 bits per heavy atom. The SMILES string of the molecule is CN(C)c1ccc(-c2cccnc2)cc1. The second-order valence-corrected chi connectivity index (χ2v) is 3.68. The third-order valence-corrected chi connectivity index (χ3v) is 2.38. The molecule has 76 valence electrons. The molecule has 0 aliphatic rings. The highest BCUT2D eigenvalue weighted by atomic mass is 15.1. The second kappa shape index (κ2) is 4.13. The first kappa shape index (κ1) is 9.71. The zero-order chi connectivity index (χ0) is 10.7. The molecule has 0 aliphatic carbocycles. The smallest absolute Gasteiger partial charge is 0.0361 e. The van der Waals surface area contributed by atoms with Gasteiger partial charge in [-0.1, -0.05) is 18.2 Å². The van der Waals surface area contributed by atoms with Crippen LogP contribution < -0.4 is 4.90 Å². The van der Waals surface area contributed by atoms with Crippen LogP contribution in [-0.2, 0) is 0 Å². The summed E-state index contributed by atoms with van der Waals surface area (Å²) in [6, 6.07) is 12.5. The summed E-state index contributed by atoms with van der Waals surface area (Å²) in [6.07, 6.45) is 3.67. The number of aromatic nitrogens is 1. The summed E-state index contributed by atoms with van der Waals surface area (Å²) in [4.78, 5) is 6.20. The van der Waals surface area contributed by atoms with E-state index in [9.17, 15) is 0 Å². The van der Waals surface area contributed by atoms with Gasteiger partial charge < -0.3 is 4.90 Å². The monoisotopic (exact) mass is 198 g/mol. The van der Waals surface area contributed by atoms with Crippen LogP contribution in [-0.4, -0.2) is 19.1 Å². The molecule has 2 aromatic rings. The van der Waals surface area contributed by atoms with E-state index < -0.39 is 0 Å². The van der Waals surface area contributed by atoms with Gasteiger partial charge in [0, 0.05) is 32.2 Å². The maximum atomic E-state index is 4.11. The number of benzene rings is 1. The average molecular weight is 198 g/mol. The molecule has 0 aliphatic heterocycles. The van der Waals surface area contributed by atoms with Crippen LogP contribution in [0.1, 0.15) is 0 Å². The van der Waals surface area contributed by atoms with E-state index in [1.807, 2.05) is 26.4 Å². The molecule has 0 atom stereocenters. The predicted octanol–water partition coefficient (Wildman–Crippen LogP) is 2.81. The molecular formula is C13H14N2. The Hall–Kier alpha value is -1.83. The first-order chi connectivity index (χ1) is 7.27. The highest BCUT2D eigenvalue weighted by Gasteiger charge is 1.98. The van der Waals surface area contributed by atoms with Crippen LogP contribution in [0.3, 0.4) is 0 Å². The lowest BCUT2D eigenvalue weighted by Gasteiger charge is -2.12. The molecule has 0 spiro atoms. The lowest BCUT2D eigenvalue weighted by Crippen LogP contribution is -2.07. The van der Waals surface area contributed by atoms with Crippen LogP contribution in [0.25, 0.3) is 11.1 Å². The van der Waals surface area contributed by atoms with Gasteiger partial charge in [-0.25, -0.2) is 0 Å². The fraction of sp³-hybridized carbons (Fsp3) is 0.154. The van der Waals surface area contributed by atoms with Crippen molar-refractivity contribution in [2.24, 2.45) is 0 Å². The molecule has 2 nitrogen and oxygen atoms in total. The third-order valence-electron chi connectivity index (χ3n) is 2.38. The van der Waals surface area contributed by atoms with Crippen LogP contribution >= 0.6 is 0 Å². The van der Waals surface area contributed by atoms with Crippen LogP contribution in [0.4, 0.5) is 5.69 Å². The summed E-state index contributed by atoms with van der Waals surface area (Å²) >= 11 is 0. The third kappa shape index (κ3) is 2.15. The van der Waals surface area contributed by atoms with Gasteiger partial charge in [-0.3, -0.25) is 4.98 Å². The van der Waals surface area contributed by atoms with Crippen LogP contribution in [0.5, 0.6) is 0 Å². The van der Waals surface area contributed by atoms with E-state index in [1.165, 1.54) is 11.3 Å². The first-order valence-electron chi connectivity index (χ1n) is 4.95. The van der Waals surface area contributed by atoms with Crippen LogP contribution in [0.2, 0.25) is 0 Å². The van der Waals surface area contributed by atoms with Crippen molar-refractivity contribution in [1.29, 1.82) is 0 Å². The standard InChI is InChI=1S/C13H14N2/c1-15(2)13-7-5-11(6-8-13)12-4-3-9-14-10-12/h3-10H,1-2H3. The van der Waals surface area contributed by atoms with Crippen molar-refractivity contribution in [2.45, 2.75) is 0 Å². The molecule has 0 unspecified atom stereocenters. The zero-order valence-corrected chi connectivity index (χ0v) is 9.01. The molecule has 2 rings (SSSR count). The Bertz CT molecular complexity index is 418. The fourth-order valence-electron chi connectivity index (χ4n) is 1.49. The molecule has 0 amide bonds. The summed E-state index contributed by atoms with van der Waals surface area (Å²) in [5.41, 5.74) is 3.57. The summed E-state index contributed by atoms with van der Waals surface area (Å²) in [6.45, 7) is 0. The first-order valence-corrected chi connectivity index (χ1v) is 4.95. The molecule has 1 heterocycles. The van der Waals surface area contributed by atoms with E-state index in [0.717, 1.165) is 5.56 Å². The Balaban J connectivity index is 2.32. The van der Waals surface area contributed by atoms with E-state index in [0.29, 0.717) is 0 Å². The summed E-state index contributed by atoms with van der Waals surface area (Å²) < 4.78 is 0. The molecule has 0 saturated carbocycles.